The van der Waals surface area contributed by atoms with Gasteiger partial charge in [0, 0.05) is 14.1 Å². The molecule has 0 saturated carbocycles. The summed E-state index contributed by atoms with van der Waals surface area (Å²) < 4.78 is 2.97. The molecule has 0 aliphatic carbocycles. The minimum atomic E-state index is -1.02. The molecule has 0 aliphatic heterocycles. The first-order chi connectivity index (χ1) is 7.09. The lowest BCUT2D eigenvalue weighted by Gasteiger charge is -1.97. The van der Waals surface area contributed by atoms with Crippen LogP contribution in [0.25, 0.3) is 11.4 Å². The van der Waals surface area contributed by atoms with Crippen molar-refractivity contribution < 1.29 is 9.90 Å². The molecule has 0 unspecified atom stereocenters. The van der Waals surface area contributed by atoms with Gasteiger partial charge in [-0.1, -0.05) is 5.21 Å². The van der Waals surface area contributed by atoms with Gasteiger partial charge in [-0.05, 0) is 0 Å². The molecule has 2 heterocycles. The fraction of sp³-hybridized carbons (Fsp3) is 0.250. The van der Waals surface area contributed by atoms with Crippen molar-refractivity contribution in [3.8, 4) is 11.4 Å². The highest BCUT2D eigenvalue weighted by Gasteiger charge is 2.18. The highest BCUT2D eigenvalue weighted by Crippen LogP contribution is 2.19. The lowest BCUT2D eigenvalue weighted by Crippen LogP contribution is -2.00. The smallest absolute Gasteiger partial charge is 0.339 e. The fourth-order valence-electron chi connectivity index (χ4n) is 1.35. The van der Waals surface area contributed by atoms with Gasteiger partial charge in [-0.2, -0.15) is 5.10 Å². The number of aromatic nitrogens is 5. The van der Waals surface area contributed by atoms with Crippen LogP contribution in [0.3, 0.4) is 0 Å². The molecular weight excluding hydrogens is 198 g/mol. The second-order valence-electron chi connectivity index (χ2n) is 3.11. The third-order valence-electron chi connectivity index (χ3n) is 2.01. The van der Waals surface area contributed by atoms with Crippen molar-refractivity contribution in [2.24, 2.45) is 14.1 Å². The monoisotopic (exact) mass is 207 g/mol. The van der Waals surface area contributed by atoms with E-state index in [-0.39, 0.29) is 5.56 Å². The molecule has 1 N–H and O–H groups in total. The first kappa shape index (κ1) is 9.38. The van der Waals surface area contributed by atoms with Crippen molar-refractivity contribution in [2.75, 3.05) is 0 Å². The molecule has 0 spiro atoms. The van der Waals surface area contributed by atoms with Gasteiger partial charge in [0.2, 0.25) is 0 Å². The summed E-state index contributed by atoms with van der Waals surface area (Å²) in [5.74, 6) is -1.02. The lowest BCUT2D eigenvalue weighted by molar-refractivity contribution is 0.0697. The van der Waals surface area contributed by atoms with Crippen molar-refractivity contribution >= 4 is 5.97 Å². The lowest BCUT2D eigenvalue weighted by atomic mass is 10.2. The third-order valence-corrected chi connectivity index (χ3v) is 2.01. The van der Waals surface area contributed by atoms with Crippen LogP contribution in [0.15, 0.2) is 12.4 Å². The van der Waals surface area contributed by atoms with E-state index in [2.05, 4.69) is 15.4 Å². The molecule has 7 heteroatoms. The van der Waals surface area contributed by atoms with Gasteiger partial charge in [0.05, 0.1) is 12.4 Å². The van der Waals surface area contributed by atoms with Crippen LogP contribution in [0.2, 0.25) is 0 Å². The van der Waals surface area contributed by atoms with Gasteiger partial charge >= 0.3 is 5.97 Å². The van der Waals surface area contributed by atoms with E-state index in [4.69, 9.17) is 5.11 Å². The highest BCUT2D eigenvalue weighted by molar-refractivity contribution is 5.94. The average Bonchev–Trinajstić information content (AvgIpc) is 2.71. The molecule has 0 fully saturated rings. The minimum Gasteiger partial charge on any atom is -0.478 e. The second-order valence-corrected chi connectivity index (χ2v) is 3.11. The van der Waals surface area contributed by atoms with E-state index in [1.165, 1.54) is 15.6 Å². The Morgan fingerprint density at radius 1 is 1.47 bits per heavy atom. The largest absolute Gasteiger partial charge is 0.478 e. The van der Waals surface area contributed by atoms with E-state index in [9.17, 15) is 4.79 Å². The minimum absolute atomic E-state index is 0.123. The van der Waals surface area contributed by atoms with Crippen molar-refractivity contribution in [1.82, 2.24) is 24.8 Å². The van der Waals surface area contributed by atoms with E-state index in [0.29, 0.717) is 11.4 Å². The van der Waals surface area contributed by atoms with E-state index < -0.39 is 5.97 Å². The van der Waals surface area contributed by atoms with E-state index in [1.807, 2.05) is 0 Å². The molecule has 0 atom stereocenters. The summed E-state index contributed by atoms with van der Waals surface area (Å²) in [6, 6.07) is 0. The van der Waals surface area contributed by atoms with Crippen LogP contribution in [-0.2, 0) is 14.1 Å². The Bertz CT molecular complexity index is 513. The molecule has 0 saturated heterocycles. The van der Waals surface area contributed by atoms with Crippen molar-refractivity contribution in [1.29, 1.82) is 0 Å². The number of nitrogens with zero attached hydrogens (tertiary/aromatic N) is 5. The van der Waals surface area contributed by atoms with Gasteiger partial charge in [-0.15, -0.1) is 5.10 Å². The summed E-state index contributed by atoms with van der Waals surface area (Å²) in [5, 5.41) is 20.4. The van der Waals surface area contributed by atoms with Crippen LogP contribution < -0.4 is 0 Å². The molecule has 0 radical (unpaired) electrons. The van der Waals surface area contributed by atoms with Gasteiger partial charge in [-0.25, -0.2) is 4.79 Å². The maximum atomic E-state index is 10.9. The predicted molar refractivity (Wildman–Crippen MR) is 50.2 cm³/mol. The summed E-state index contributed by atoms with van der Waals surface area (Å²) in [7, 11) is 3.38. The summed E-state index contributed by atoms with van der Waals surface area (Å²) in [4.78, 5) is 10.9. The van der Waals surface area contributed by atoms with E-state index in [0.717, 1.165) is 0 Å². The average molecular weight is 207 g/mol. The van der Waals surface area contributed by atoms with Gasteiger partial charge in [0.15, 0.2) is 0 Å². The molecule has 0 amide bonds. The molecule has 0 bridgehead atoms. The summed E-state index contributed by atoms with van der Waals surface area (Å²) >= 11 is 0. The van der Waals surface area contributed by atoms with Gasteiger partial charge in [0.1, 0.15) is 17.0 Å². The molecule has 2 aromatic rings. The van der Waals surface area contributed by atoms with Gasteiger partial charge in [-0.3, -0.25) is 9.36 Å². The third kappa shape index (κ3) is 1.47. The number of hydrogen-bond donors (Lipinski definition) is 1. The van der Waals surface area contributed by atoms with Crippen LogP contribution in [-0.4, -0.2) is 35.9 Å². The van der Waals surface area contributed by atoms with Crippen LogP contribution >= 0.6 is 0 Å². The van der Waals surface area contributed by atoms with Crippen molar-refractivity contribution in [2.45, 2.75) is 0 Å². The quantitative estimate of drug-likeness (QED) is 0.744. The normalized spacial score (nSPS) is 10.5. The number of aromatic carboxylic acids is 1. The molecule has 2 aromatic heterocycles. The molecule has 0 aliphatic rings. The Labute approximate surface area is 84.9 Å². The second kappa shape index (κ2) is 3.19. The molecule has 7 nitrogen and oxygen atoms in total. The fourth-order valence-corrected chi connectivity index (χ4v) is 1.35. The topological polar surface area (TPSA) is 85.8 Å². The Balaban J connectivity index is 2.60. The van der Waals surface area contributed by atoms with Crippen LogP contribution in [0.4, 0.5) is 0 Å². The number of carboxylic acid groups (broad SMARTS) is 1. The molecular formula is C8H9N5O2. The molecule has 15 heavy (non-hydrogen) atoms. The highest BCUT2D eigenvalue weighted by atomic mass is 16.4. The van der Waals surface area contributed by atoms with Crippen LogP contribution in [0, 0.1) is 0 Å². The summed E-state index contributed by atoms with van der Waals surface area (Å²) in [6.07, 6.45) is 2.94. The van der Waals surface area contributed by atoms with Gasteiger partial charge in [0.25, 0.3) is 0 Å². The number of carboxylic acids is 1. The van der Waals surface area contributed by atoms with Crippen molar-refractivity contribution in [3.05, 3.63) is 18.0 Å². The predicted octanol–water partition coefficient (Wildman–Crippen LogP) is -0.0862. The molecule has 2 rings (SSSR count). The Hall–Kier alpha value is -2.18. The Morgan fingerprint density at radius 2 is 2.20 bits per heavy atom. The van der Waals surface area contributed by atoms with E-state index >= 15 is 0 Å². The standard InChI is InChI=1S/C8H9N5O2/c1-12-4-6(10-11-12)7-5(8(14)15)3-9-13(7)2/h3-4H,1-2H3,(H,14,15). The molecule has 0 aromatic carbocycles. The molecule has 78 valence electrons. The summed E-state index contributed by atoms with van der Waals surface area (Å²) in [5.41, 5.74) is 1.07. The Kier molecular flexibility index (Phi) is 2.00. The van der Waals surface area contributed by atoms with Crippen LogP contribution in [0.5, 0.6) is 0 Å². The zero-order valence-electron chi connectivity index (χ0n) is 8.25. The maximum absolute atomic E-state index is 10.9. The zero-order valence-corrected chi connectivity index (χ0v) is 8.25. The number of rotatable bonds is 2. The zero-order chi connectivity index (χ0) is 11.0. The SMILES string of the molecule is Cn1cc(-c2c(C(=O)O)cnn2C)nn1. The number of carbonyl (C=O) groups is 1. The first-order valence-corrected chi connectivity index (χ1v) is 4.21. The first-order valence-electron chi connectivity index (χ1n) is 4.21. The van der Waals surface area contributed by atoms with Gasteiger partial charge < -0.3 is 5.11 Å². The van der Waals surface area contributed by atoms with Crippen LogP contribution in [0.1, 0.15) is 10.4 Å². The maximum Gasteiger partial charge on any atom is 0.339 e. The number of aryl methyl sites for hydroxylation is 2. The Morgan fingerprint density at radius 3 is 2.73 bits per heavy atom. The van der Waals surface area contributed by atoms with Crippen molar-refractivity contribution in [3.63, 3.8) is 0 Å². The number of hydrogen-bond acceptors (Lipinski definition) is 4. The summed E-state index contributed by atoms with van der Waals surface area (Å²) in [6.45, 7) is 0. The van der Waals surface area contributed by atoms with E-state index in [1.54, 1.807) is 20.3 Å².